The van der Waals surface area contributed by atoms with E-state index in [1.165, 1.54) is 12.1 Å². The van der Waals surface area contributed by atoms with Crippen molar-refractivity contribution in [3.63, 3.8) is 0 Å². The van der Waals surface area contributed by atoms with Crippen LogP contribution in [0.1, 0.15) is 48.4 Å². The molecule has 2 aliphatic rings. The van der Waals surface area contributed by atoms with Crippen LogP contribution in [0.25, 0.3) is 5.57 Å². The van der Waals surface area contributed by atoms with Gasteiger partial charge in [-0.3, -0.25) is 9.59 Å². The van der Waals surface area contributed by atoms with Gasteiger partial charge in [-0.05, 0) is 48.9 Å². The molecule has 1 saturated heterocycles. The number of alkyl halides is 2. The molecular weight excluding hydrogens is 402 g/mol. The Morgan fingerprint density at radius 2 is 1.97 bits per heavy atom. The summed E-state index contributed by atoms with van der Waals surface area (Å²) >= 11 is 5.98. The van der Waals surface area contributed by atoms with Crippen molar-refractivity contribution in [1.29, 1.82) is 0 Å². The quantitative estimate of drug-likeness (QED) is 0.735. The van der Waals surface area contributed by atoms with Crippen molar-refractivity contribution in [2.75, 3.05) is 0 Å². The fourth-order valence-corrected chi connectivity index (χ4v) is 3.68. The number of hydrogen-bond donors (Lipinski definition) is 2. The van der Waals surface area contributed by atoms with E-state index in [9.17, 15) is 18.4 Å². The minimum absolute atomic E-state index is 0.0546. The molecule has 1 aromatic heterocycles. The molecule has 2 N–H and O–H groups in total. The first-order valence-electron chi connectivity index (χ1n) is 9.40. The van der Waals surface area contributed by atoms with Crippen LogP contribution >= 0.6 is 11.6 Å². The Morgan fingerprint density at radius 3 is 2.59 bits per heavy atom. The van der Waals surface area contributed by atoms with E-state index in [-0.39, 0.29) is 28.3 Å². The number of ether oxygens (including phenoxy) is 1. The minimum Gasteiger partial charge on any atom is -0.433 e. The monoisotopic (exact) mass is 420 g/mol. The zero-order chi connectivity index (χ0) is 20.5. The van der Waals surface area contributed by atoms with Crippen LogP contribution in [0.2, 0.25) is 5.02 Å². The lowest BCUT2D eigenvalue weighted by molar-refractivity contribution is -0.119. The molecule has 2 heterocycles. The van der Waals surface area contributed by atoms with Gasteiger partial charge in [-0.2, -0.15) is 8.78 Å². The van der Waals surface area contributed by atoms with E-state index < -0.39 is 6.61 Å². The topological polar surface area (TPSA) is 71.2 Å². The summed E-state index contributed by atoms with van der Waals surface area (Å²) in [5.74, 6) is 0.0920. The number of H-pyrrole nitrogens is 1. The molecule has 152 valence electrons. The SMILES string of the molecule is O=C1CC[C@H](C=C(c2ccc(Cl)c(OC(F)F)c2)c2ccc(C3CC3)c(=O)[nH]2)N1. The van der Waals surface area contributed by atoms with Gasteiger partial charge in [-0.15, -0.1) is 0 Å². The molecule has 2 fully saturated rings. The number of rotatable bonds is 6. The van der Waals surface area contributed by atoms with Crippen LogP contribution in [0.3, 0.4) is 0 Å². The van der Waals surface area contributed by atoms with E-state index >= 15 is 0 Å². The van der Waals surface area contributed by atoms with Crippen LogP contribution in [-0.2, 0) is 4.79 Å². The van der Waals surface area contributed by atoms with Gasteiger partial charge in [-0.25, -0.2) is 0 Å². The van der Waals surface area contributed by atoms with Crippen molar-refractivity contribution in [3.8, 4) is 5.75 Å². The van der Waals surface area contributed by atoms with Gasteiger partial charge in [0.1, 0.15) is 5.75 Å². The van der Waals surface area contributed by atoms with Crippen molar-refractivity contribution >= 4 is 23.1 Å². The van der Waals surface area contributed by atoms with Crippen molar-refractivity contribution in [1.82, 2.24) is 10.3 Å². The maximum Gasteiger partial charge on any atom is 0.387 e. The highest BCUT2D eigenvalue weighted by atomic mass is 35.5. The number of aromatic nitrogens is 1. The average molecular weight is 421 g/mol. The number of aromatic amines is 1. The lowest BCUT2D eigenvalue weighted by atomic mass is 9.98. The first-order chi connectivity index (χ1) is 13.9. The number of pyridine rings is 1. The van der Waals surface area contributed by atoms with Crippen molar-refractivity contribution in [2.24, 2.45) is 0 Å². The van der Waals surface area contributed by atoms with Crippen molar-refractivity contribution in [2.45, 2.75) is 44.3 Å². The Hall–Kier alpha value is -2.67. The highest BCUT2D eigenvalue weighted by molar-refractivity contribution is 6.32. The van der Waals surface area contributed by atoms with Crippen LogP contribution < -0.4 is 15.6 Å². The highest BCUT2D eigenvalue weighted by Crippen LogP contribution is 2.38. The molecule has 0 spiro atoms. The molecule has 2 aromatic rings. The van der Waals surface area contributed by atoms with Gasteiger partial charge < -0.3 is 15.0 Å². The molecule has 1 aromatic carbocycles. The second kappa shape index (κ2) is 7.99. The number of benzene rings is 1. The molecule has 1 amide bonds. The zero-order valence-corrected chi connectivity index (χ0v) is 16.1. The zero-order valence-electron chi connectivity index (χ0n) is 15.4. The summed E-state index contributed by atoms with van der Waals surface area (Å²) in [6.07, 6.45) is 4.85. The minimum atomic E-state index is -3.01. The number of hydrogen-bond acceptors (Lipinski definition) is 3. The third kappa shape index (κ3) is 4.50. The number of carbonyl (C=O) groups is 1. The normalized spacial score (nSPS) is 19.5. The van der Waals surface area contributed by atoms with E-state index in [4.69, 9.17) is 11.6 Å². The van der Waals surface area contributed by atoms with Crippen LogP contribution in [0.5, 0.6) is 5.75 Å². The molecule has 1 atom stereocenters. The summed E-state index contributed by atoms with van der Waals surface area (Å²) in [6, 6.07) is 7.92. The Balaban J connectivity index is 1.77. The first kappa shape index (κ1) is 19.6. The van der Waals surface area contributed by atoms with Crippen LogP contribution in [-0.4, -0.2) is 23.5 Å². The smallest absolute Gasteiger partial charge is 0.387 e. The Kier molecular flexibility index (Phi) is 5.41. The maximum absolute atomic E-state index is 12.7. The van der Waals surface area contributed by atoms with E-state index in [1.807, 2.05) is 6.08 Å². The van der Waals surface area contributed by atoms with Gasteiger partial charge in [-0.1, -0.05) is 29.8 Å². The molecule has 5 nitrogen and oxygen atoms in total. The van der Waals surface area contributed by atoms with Gasteiger partial charge in [0, 0.05) is 29.3 Å². The summed E-state index contributed by atoms with van der Waals surface area (Å²) in [5.41, 5.74) is 2.27. The molecule has 0 unspecified atom stereocenters. The Bertz CT molecular complexity index is 1030. The van der Waals surface area contributed by atoms with Crippen LogP contribution in [0.15, 0.2) is 41.2 Å². The van der Waals surface area contributed by atoms with Crippen LogP contribution in [0.4, 0.5) is 8.78 Å². The number of nitrogens with one attached hydrogen (secondary N) is 2. The second-order valence-corrected chi connectivity index (χ2v) is 7.65. The molecular formula is C21H19ClF2N2O3. The van der Waals surface area contributed by atoms with Gasteiger partial charge in [0.15, 0.2) is 0 Å². The summed E-state index contributed by atoms with van der Waals surface area (Å²) in [7, 11) is 0. The number of amides is 1. The molecule has 0 radical (unpaired) electrons. The predicted molar refractivity (Wildman–Crippen MR) is 105 cm³/mol. The molecule has 1 saturated carbocycles. The first-order valence-corrected chi connectivity index (χ1v) is 9.78. The summed E-state index contributed by atoms with van der Waals surface area (Å²) in [5, 5.41) is 2.91. The van der Waals surface area contributed by atoms with E-state index in [2.05, 4.69) is 15.0 Å². The van der Waals surface area contributed by atoms with Crippen molar-refractivity contribution in [3.05, 3.63) is 68.6 Å². The highest BCUT2D eigenvalue weighted by Gasteiger charge is 2.27. The lowest BCUT2D eigenvalue weighted by Crippen LogP contribution is -2.23. The summed E-state index contributed by atoms with van der Waals surface area (Å²) in [6.45, 7) is -3.01. The fourth-order valence-electron chi connectivity index (χ4n) is 3.52. The third-order valence-corrected chi connectivity index (χ3v) is 5.41. The average Bonchev–Trinajstić information content (AvgIpc) is 3.43. The van der Waals surface area contributed by atoms with Gasteiger partial charge in [0.05, 0.1) is 5.02 Å². The summed E-state index contributed by atoms with van der Waals surface area (Å²) in [4.78, 5) is 27.0. The molecule has 0 bridgehead atoms. The summed E-state index contributed by atoms with van der Waals surface area (Å²) < 4.78 is 29.9. The standard InChI is InChI=1S/C21H19ClF2N2O3/c22-16-6-3-12(9-18(16)29-21(23)24)15(10-13-4-8-19(27)25-13)17-7-5-14(11-1-2-11)20(28)26-17/h3,5-7,9-11,13,21H,1-2,4,8H2,(H,25,27)(H,26,28)/t13-/m1/s1. The number of carbonyl (C=O) groups excluding carboxylic acids is 1. The second-order valence-electron chi connectivity index (χ2n) is 7.25. The van der Waals surface area contributed by atoms with E-state index in [1.54, 1.807) is 18.2 Å². The number of halogens is 3. The van der Waals surface area contributed by atoms with E-state index in [0.717, 1.165) is 18.4 Å². The lowest BCUT2D eigenvalue weighted by Gasteiger charge is -2.15. The van der Waals surface area contributed by atoms with E-state index in [0.29, 0.717) is 35.6 Å². The molecule has 1 aliphatic carbocycles. The van der Waals surface area contributed by atoms with Gasteiger partial charge >= 0.3 is 6.61 Å². The molecule has 8 heteroatoms. The Labute approximate surface area is 170 Å². The Morgan fingerprint density at radius 1 is 1.17 bits per heavy atom. The molecule has 1 aliphatic heterocycles. The molecule has 4 rings (SSSR count). The van der Waals surface area contributed by atoms with Crippen molar-refractivity contribution < 1.29 is 18.3 Å². The largest absolute Gasteiger partial charge is 0.433 e. The molecule has 29 heavy (non-hydrogen) atoms. The third-order valence-electron chi connectivity index (χ3n) is 5.10. The predicted octanol–water partition coefficient (Wildman–Crippen LogP) is 4.22. The van der Waals surface area contributed by atoms with Gasteiger partial charge in [0.2, 0.25) is 5.91 Å². The maximum atomic E-state index is 12.7. The fraction of sp³-hybridized carbons (Fsp3) is 0.333. The van der Waals surface area contributed by atoms with Crippen LogP contribution in [0, 0.1) is 0 Å². The van der Waals surface area contributed by atoms with Gasteiger partial charge in [0.25, 0.3) is 5.56 Å².